The summed E-state index contributed by atoms with van der Waals surface area (Å²) in [4.78, 5) is 17.8. The second kappa shape index (κ2) is 4.23. The highest BCUT2D eigenvalue weighted by Gasteiger charge is 2.07. The van der Waals surface area contributed by atoms with E-state index < -0.39 is 0 Å². The second-order valence-electron chi connectivity index (χ2n) is 3.51. The van der Waals surface area contributed by atoms with Crippen LogP contribution in [0.4, 0.5) is 5.82 Å². The zero-order chi connectivity index (χ0) is 10.7. The number of anilines is 1. The summed E-state index contributed by atoms with van der Waals surface area (Å²) in [6, 6.07) is 1.52. The van der Waals surface area contributed by atoms with Crippen molar-refractivity contribution in [1.29, 1.82) is 0 Å². The number of nitrogens with one attached hydrogen (secondary N) is 2. The molecule has 0 aliphatic carbocycles. The molecule has 0 saturated carbocycles. The molecule has 78 valence electrons. The summed E-state index contributed by atoms with van der Waals surface area (Å²) in [5.41, 5.74) is 5.53. The zero-order valence-electron chi connectivity index (χ0n) is 8.66. The largest absolute Gasteiger partial charge is 0.366 e. The lowest BCUT2D eigenvalue weighted by molar-refractivity contribution is 0.635. The van der Waals surface area contributed by atoms with E-state index in [9.17, 15) is 4.79 Å². The van der Waals surface area contributed by atoms with Crippen LogP contribution in [-0.4, -0.2) is 22.1 Å². The van der Waals surface area contributed by atoms with Crippen LogP contribution in [0.25, 0.3) is 0 Å². The van der Waals surface area contributed by atoms with Crippen molar-refractivity contribution < 1.29 is 0 Å². The van der Waals surface area contributed by atoms with E-state index in [0.717, 1.165) is 0 Å². The summed E-state index contributed by atoms with van der Waals surface area (Å²) in [5, 5.41) is 3.07. The Labute approximate surface area is 82.7 Å². The summed E-state index contributed by atoms with van der Waals surface area (Å²) < 4.78 is 0. The van der Waals surface area contributed by atoms with Gasteiger partial charge in [-0.25, -0.2) is 4.98 Å². The molecule has 2 unspecified atom stereocenters. The van der Waals surface area contributed by atoms with E-state index in [1.165, 1.54) is 6.07 Å². The fraction of sp³-hybridized carbons (Fsp3) is 0.556. The summed E-state index contributed by atoms with van der Waals surface area (Å²) in [6.45, 7) is 5.59. The number of rotatable bonds is 3. The van der Waals surface area contributed by atoms with E-state index >= 15 is 0 Å². The Morgan fingerprint density at radius 1 is 1.57 bits per heavy atom. The molecule has 1 rings (SSSR count). The molecule has 0 aliphatic rings. The Kier molecular flexibility index (Phi) is 3.24. The fourth-order valence-electron chi connectivity index (χ4n) is 1.02. The molecule has 0 aliphatic heterocycles. The molecule has 0 amide bonds. The van der Waals surface area contributed by atoms with Crippen molar-refractivity contribution in [3.05, 3.63) is 22.2 Å². The minimum Gasteiger partial charge on any atom is -0.366 e. The minimum atomic E-state index is -0.156. The van der Waals surface area contributed by atoms with Crippen LogP contribution < -0.4 is 16.6 Å². The third kappa shape index (κ3) is 2.85. The van der Waals surface area contributed by atoms with Crippen molar-refractivity contribution in [2.24, 2.45) is 5.73 Å². The zero-order valence-corrected chi connectivity index (χ0v) is 8.66. The van der Waals surface area contributed by atoms with Gasteiger partial charge in [-0.2, -0.15) is 0 Å². The van der Waals surface area contributed by atoms with Gasteiger partial charge in [-0.3, -0.25) is 4.79 Å². The van der Waals surface area contributed by atoms with Gasteiger partial charge in [0.15, 0.2) is 0 Å². The maximum absolute atomic E-state index is 11.1. The molecule has 0 saturated heterocycles. The average molecular weight is 196 g/mol. The molecule has 5 nitrogen and oxygen atoms in total. The van der Waals surface area contributed by atoms with E-state index in [1.54, 1.807) is 6.92 Å². The first kappa shape index (κ1) is 10.7. The van der Waals surface area contributed by atoms with Gasteiger partial charge in [0.05, 0.1) is 0 Å². The SMILES string of the molecule is Cc1nc(NC(C)C(C)N)cc(=O)[nH]1. The van der Waals surface area contributed by atoms with Gasteiger partial charge in [-0.1, -0.05) is 0 Å². The number of hydrogen-bond donors (Lipinski definition) is 3. The number of aromatic nitrogens is 2. The number of hydrogen-bond acceptors (Lipinski definition) is 4. The lowest BCUT2D eigenvalue weighted by atomic mass is 10.2. The quantitative estimate of drug-likeness (QED) is 0.646. The van der Waals surface area contributed by atoms with Gasteiger partial charge in [-0.05, 0) is 20.8 Å². The van der Waals surface area contributed by atoms with E-state index in [4.69, 9.17) is 5.73 Å². The van der Waals surface area contributed by atoms with E-state index in [1.807, 2.05) is 13.8 Å². The minimum absolute atomic E-state index is 0.0105. The average Bonchev–Trinajstić information content (AvgIpc) is 2.01. The van der Waals surface area contributed by atoms with Crippen LogP contribution in [0.5, 0.6) is 0 Å². The van der Waals surface area contributed by atoms with Crippen molar-refractivity contribution in [3.63, 3.8) is 0 Å². The molecule has 4 N–H and O–H groups in total. The predicted molar refractivity (Wildman–Crippen MR) is 56.3 cm³/mol. The summed E-state index contributed by atoms with van der Waals surface area (Å²) in [6.07, 6.45) is 0. The van der Waals surface area contributed by atoms with Crippen LogP contribution in [0.1, 0.15) is 19.7 Å². The van der Waals surface area contributed by atoms with Crippen molar-refractivity contribution in [3.8, 4) is 0 Å². The topological polar surface area (TPSA) is 83.8 Å². The maximum atomic E-state index is 11.1. The van der Waals surface area contributed by atoms with Gasteiger partial charge in [0.1, 0.15) is 11.6 Å². The van der Waals surface area contributed by atoms with Gasteiger partial charge < -0.3 is 16.0 Å². The Morgan fingerprint density at radius 2 is 2.21 bits per heavy atom. The first-order valence-electron chi connectivity index (χ1n) is 4.59. The third-order valence-electron chi connectivity index (χ3n) is 2.02. The van der Waals surface area contributed by atoms with E-state index in [2.05, 4.69) is 15.3 Å². The second-order valence-corrected chi connectivity index (χ2v) is 3.51. The molecule has 0 radical (unpaired) electrons. The highest BCUT2D eigenvalue weighted by molar-refractivity contribution is 5.34. The molecule has 2 atom stereocenters. The third-order valence-corrected chi connectivity index (χ3v) is 2.02. The monoisotopic (exact) mass is 196 g/mol. The maximum Gasteiger partial charge on any atom is 0.252 e. The van der Waals surface area contributed by atoms with Crippen molar-refractivity contribution in [2.45, 2.75) is 32.9 Å². The van der Waals surface area contributed by atoms with E-state index in [-0.39, 0.29) is 17.6 Å². The van der Waals surface area contributed by atoms with Gasteiger partial charge in [0.25, 0.3) is 5.56 Å². The highest BCUT2D eigenvalue weighted by Crippen LogP contribution is 2.02. The predicted octanol–water partition coefficient (Wildman–Crippen LogP) is 0.226. The summed E-state index contributed by atoms with van der Waals surface area (Å²) >= 11 is 0. The van der Waals surface area contributed by atoms with Crippen LogP contribution in [0.3, 0.4) is 0 Å². The molecule has 0 bridgehead atoms. The lowest BCUT2D eigenvalue weighted by Gasteiger charge is -2.17. The standard InChI is InChI=1S/C9H16N4O/c1-5(10)6(2)11-8-4-9(14)13-7(3)12-8/h4-6H,10H2,1-3H3,(H2,11,12,13,14). The molecule has 14 heavy (non-hydrogen) atoms. The molecule has 0 aromatic carbocycles. The number of nitrogens with zero attached hydrogens (tertiary/aromatic N) is 1. The van der Waals surface area contributed by atoms with Crippen molar-refractivity contribution in [2.75, 3.05) is 5.32 Å². The van der Waals surface area contributed by atoms with Crippen LogP contribution in [-0.2, 0) is 0 Å². The number of H-pyrrole nitrogens is 1. The normalized spacial score (nSPS) is 14.9. The molecule has 0 fully saturated rings. The van der Waals surface area contributed by atoms with Gasteiger partial charge in [0, 0.05) is 18.2 Å². The summed E-state index contributed by atoms with van der Waals surface area (Å²) in [7, 11) is 0. The molecule has 1 aromatic rings. The first-order valence-corrected chi connectivity index (χ1v) is 4.59. The first-order chi connectivity index (χ1) is 6.49. The Hall–Kier alpha value is -1.36. The Bertz CT molecular complexity index is 358. The van der Waals surface area contributed by atoms with Gasteiger partial charge in [0.2, 0.25) is 0 Å². The van der Waals surface area contributed by atoms with Crippen LogP contribution in [0.15, 0.2) is 10.9 Å². The van der Waals surface area contributed by atoms with Crippen molar-refractivity contribution in [1.82, 2.24) is 9.97 Å². The smallest absolute Gasteiger partial charge is 0.252 e. The number of nitrogens with two attached hydrogens (primary N) is 1. The number of aromatic amines is 1. The molecule has 5 heteroatoms. The van der Waals surface area contributed by atoms with Crippen LogP contribution in [0.2, 0.25) is 0 Å². The molecular formula is C9H16N4O. The highest BCUT2D eigenvalue weighted by atomic mass is 16.1. The van der Waals surface area contributed by atoms with Gasteiger partial charge >= 0.3 is 0 Å². The van der Waals surface area contributed by atoms with Gasteiger partial charge in [-0.15, -0.1) is 0 Å². The number of aryl methyl sites for hydroxylation is 1. The van der Waals surface area contributed by atoms with Crippen LogP contribution in [0, 0.1) is 6.92 Å². The molecular weight excluding hydrogens is 180 g/mol. The van der Waals surface area contributed by atoms with E-state index in [0.29, 0.717) is 11.6 Å². The molecule has 0 spiro atoms. The Morgan fingerprint density at radius 3 is 2.71 bits per heavy atom. The van der Waals surface area contributed by atoms with Crippen molar-refractivity contribution >= 4 is 5.82 Å². The molecule has 1 aromatic heterocycles. The molecule has 1 heterocycles. The van der Waals surface area contributed by atoms with Crippen LogP contribution >= 0.6 is 0 Å². The lowest BCUT2D eigenvalue weighted by Crippen LogP contribution is -2.35. The fourth-order valence-corrected chi connectivity index (χ4v) is 1.02. The Balaban J connectivity index is 2.82. The summed E-state index contributed by atoms with van der Waals surface area (Å²) in [5.74, 6) is 1.16.